The van der Waals surface area contributed by atoms with Crippen LogP contribution in [0.1, 0.15) is 16.7 Å². The first-order chi connectivity index (χ1) is 13.8. The summed E-state index contributed by atoms with van der Waals surface area (Å²) in [7, 11) is 1.95. The number of hydrogen-bond donors (Lipinski definition) is 1. The van der Waals surface area contributed by atoms with Crippen LogP contribution in [0.3, 0.4) is 0 Å². The number of fused-ring (bicyclic) bond motifs is 1. The summed E-state index contributed by atoms with van der Waals surface area (Å²) in [5.41, 5.74) is 6.03. The summed E-state index contributed by atoms with van der Waals surface area (Å²) in [6.07, 6.45) is 0. The molecule has 5 heteroatoms. The lowest BCUT2D eigenvalue weighted by atomic mass is 10.0. The molecule has 2 aromatic carbocycles. The molecule has 0 aliphatic carbocycles. The van der Waals surface area contributed by atoms with Gasteiger partial charge in [0.2, 0.25) is 0 Å². The number of morpholine rings is 1. The highest BCUT2D eigenvalue weighted by Gasteiger charge is 2.15. The Labute approximate surface area is 165 Å². The van der Waals surface area contributed by atoms with Gasteiger partial charge in [-0.05, 0) is 36.4 Å². The summed E-state index contributed by atoms with van der Waals surface area (Å²) < 4.78 is 5.48. The SMILES string of the molecule is CNCc1ccc(-c2cc(CN3CCOCC3)c3ccc(C#N)cc3n2)cc1. The van der Waals surface area contributed by atoms with Gasteiger partial charge in [0.1, 0.15) is 0 Å². The van der Waals surface area contributed by atoms with Crippen LogP contribution in [0.4, 0.5) is 0 Å². The summed E-state index contributed by atoms with van der Waals surface area (Å²) in [6.45, 7) is 5.14. The van der Waals surface area contributed by atoms with Crippen LogP contribution in [0, 0.1) is 11.3 Å². The van der Waals surface area contributed by atoms with E-state index in [1.54, 1.807) is 0 Å². The van der Waals surface area contributed by atoms with Crippen molar-refractivity contribution in [3.8, 4) is 17.3 Å². The van der Waals surface area contributed by atoms with Gasteiger partial charge in [0.05, 0.1) is 36.1 Å². The van der Waals surface area contributed by atoms with Crippen molar-refractivity contribution >= 4 is 10.9 Å². The van der Waals surface area contributed by atoms with Gasteiger partial charge in [-0.1, -0.05) is 30.3 Å². The fourth-order valence-electron chi connectivity index (χ4n) is 3.65. The zero-order valence-electron chi connectivity index (χ0n) is 16.1. The monoisotopic (exact) mass is 372 g/mol. The van der Waals surface area contributed by atoms with E-state index in [1.165, 1.54) is 11.1 Å². The Morgan fingerprint density at radius 2 is 1.89 bits per heavy atom. The van der Waals surface area contributed by atoms with Gasteiger partial charge in [0, 0.05) is 37.1 Å². The Morgan fingerprint density at radius 1 is 1.11 bits per heavy atom. The Bertz CT molecular complexity index is 1000. The van der Waals surface area contributed by atoms with E-state index in [0.29, 0.717) is 5.56 Å². The molecule has 0 unspecified atom stereocenters. The normalized spacial score (nSPS) is 14.9. The van der Waals surface area contributed by atoms with Crippen molar-refractivity contribution in [1.82, 2.24) is 15.2 Å². The lowest BCUT2D eigenvalue weighted by molar-refractivity contribution is 0.0344. The summed E-state index contributed by atoms with van der Waals surface area (Å²) >= 11 is 0. The largest absolute Gasteiger partial charge is 0.379 e. The number of ether oxygens (including phenoxy) is 1. The number of benzene rings is 2. The van der Waals surface area contributed by atoms with Crippen LogP contribution >= 0.6 is 0 Å². The Balaban J connectivity index is 1.76. The van der Waals surface area contributed by atoms with E-state index in [-0.39, 0.29) is 0 Å². The molecular weight excluding hydrogens is 348 g/mol. The fraction of sp³-hybridized carbons (Fsp3) is 0.304. The molecule has 0 spiro atoms. The number of nitrogens with zero attached hydrogens (tertiary/aromatic N) is 3. The Hall–Kier alpha value is -2.78. The highest BCUT2D eigenvalue weighted by Crippen LogP contribution is 2.27. The van der Waals surface area contributed by atoms with Crippen LogP contribution in [-0.4, -0.2) is 43.2 Å². The minimum Gasteiger partial charge on any atom is -0.379 e. The standard InChI is InChI=1S/C23H24N4O/c1-25-15-17-2-5-19(6-3-17)22-13-20(16-27-8-10-28-11-9-27)21-7-4-18(14-24)12-23(21)26-22/h2-7,12-13,25H,8-11,15-16H2,1H3. The van der Waals surface area contributed by atoms with Crippen LogP contribution in [0.2, 0.25) is 0 Å². The first-order valence-electron chi connectivity index (χ1n) is 9.64. The van der Waals surface area contributed by atoms with Gasteiger partial charge in [0.15, 0.2) is 0 Å². The first kappa shape index (κ1) is 18.6. The molecule has 2 heterocycles. The van der Waals surface area contributed by atoms with E-state index < -0.39 is 0 Å². The summed E-state index contributed by atoms with van der Waals surface area (Å²) in [5.74, 6) is 0. The number of aromatic nitrogens is 1. The van der Waals surface area contributed by atoms with Crippen LogP contribution in [0.25, 0.3) is 22.2 Å². The van der Waals surface area contributed by atoms with Gasteiger partial charge in [0.25, 0.3) is 0 Å². The second-order valence-corrected chi connectivity index (χ2v) is 7.13. The molecule has 5 nitrogen and oxygen atoms in total. The maximum atomic E-state index is 9.29. The van der Waals surface area contributed by atoms with E-state index in [4.69, 9.17) is 9.72 Å². The van der Waals surface area contributed by atoms with Crippen molar-refractivity contribution in [3.63, 3.8) is 0 Å². The van der Waals surface area contributed by atoms with Crippen molar-refractivity contribution < 1.29 is 4.74 Å². The molecular formula is C23H24N4O. The molecule has 0 radical (unpaired) electrons. The summed E-state index contributed by atoms with van der Waals surface area (Å²) in [6, 6.07) is 18.7. The number of hydrogen-bond acceptors (Lipinski definition) is 5. The topological polar surface area (TPSA) is 61.2 Å². The highest BCUT2D eigenvalue weighted by atomic mass is 16.5. The molecule has 4 rings (SSSR count). The minimum atomic E-state index is 0.638. The predicted octanol–water partition coefficient (Wildman–Crippen LogP) is 3.33. The van der Waals surface area contributed by atoms with E-state index in [0.717, 1.165) is 61.6 Å². The van der Waals surface area contributed by atoms with Crippen molar-refractivity contribution in [3.05, 3.63) is 65.2 Å². The molecule has 3 aromatic rings. The van der Waals surface area contributed by atoms with Gasteiger partial charge in [-0.15, -0.1) is 0 Å². The summed E-state index contributed by atoms with van der Waals surface area (Å²) in [4.78, 5) is 7.29. The van der Waals surface area contributed by atoms with Gasteiger partial charge >= 0.3 is 0 Å². The van der Waals surface area contributed by atoms with Crippen molar-refractivity contribution in [2.45, 2.75) is 13.1 Å². The van der Waals surface area contributed by atoms with Gasteiger partial charge < -0.3 is 10.1 Å². The summed E-state index contributed by atoms with van der Waals surface area (Å²) in [5, 5.41) is 13.6. The zero-order chi connectivity index (χ0) is 19.3. The zero-order valence-corrected chi connectivity index (χ0v) is 16.1. The quantitative estimate of drug-likeness (QED) is 0.744. The predicted molar refractivity (Wildman–Crippen MR) is 111 cm³/mol. The molecule has 0 atom stereocenters. The van der Waals surface area contributed by atoms with Gasteiger partial charge in [-0.2, -0.15) is 5.26 Å². The smallest absolute Gasteiger partial charge is 0.0992 e. The van der Waals surface area contributed by atoms with Crippen LogP contribution in [0.5, 0.6) is 0 Å². The van der Waals surface area contributed by atoms with Gasteiger partial charge in [-0.3, -0.25) is 4.90 Å². The molecule has 1 saturated heterocycles. The molecule has 1 N–H and O–H groups in total. The van der Waals surface area contributed by atoms with Gasteiger partial charge in [-0.25, -0.2) is 4.98 Å². The van der Waals surface area contributed by atoms with E-state index in [1.807, 2.05) is 25.2 Å². The number of nitrogens with one attached hydrogen (secondary N) is 1. The molecule has 1 aromatic heterocycles. The van der Waals surface area contributed by atoms with Crippen molar-refractivity contribution in [1.29, 1.82) is 5.26 Å². The number of nitriles is 1. The molecule has 1 aliphatic heterocycles. The Kier molecular flexibility index (Phi) is 5.63. The highest BCUT2D eigenvalue weighted by molar-refractivity contribution is 5.86. The molecule has 0 bridgehead atoms. The second kappa shape index (κ2) is 8.49. The lowest BCUT2D eigenvalue weighted by Gasteiger charge is -2.27. The van der Waals surface area contributed by atoms with Crippen LogP contribution in [-0.2, 0) is 17.8 Å². The second-order valence-electron chi connectivity index (χ2n) is 7.13. The van der Waals surface area contributed by atoms with E-state index in [9.17, 15) is 5.26 Å². The minimum absolute atomic E-state index is 0.638. The van der Waals surface area contributed by atoms with E-state index in [2.05, 4.69) is 46.6 Å². The lowest BCUT2D eigenvalue weighted by Crippen LogP contribution is -2.35. The third-order valence-electron chi connectivity index (χ3n) is 5.15. The average molecular weight is 372 g/mol. The number of rotatable bonds is 5. The van der Waals surface area contributed by atoms with Crippen molar-refractivity contribution in [2.75, 3.05) is 33.4 Å². The third-order valence-corrected chi connectivity index (χ3v) is 5.15. The maximum Gasteiger partial charge on any atom is 0.0992 e. The molecule has 142 valence electrons. The number of pyridine rings is 1. The fourth-order valence-corrected chi connectivity index (χ4v) is 3.65. The molecule has 28 heavy (non-hydrogen) atoms. The molecule has 1 aliphatic rings. The van der Waals surface area contributed by atoms with Crippen LogP contribution in [0.15, 0.2) is 48.5 Å². The average Bonchev–Trinajstić information content (AvgIpc) is 2.74. The van der Waals surface area contributed by atoms with Crippen molar-refractivity contribution in [2.24, 2.45) is 0 Å². The molecule has 0 amide bonds. The molecule has 0 saturated carbocycles. The maximum absolute atomic E-state index is 9.29. The third kappa shape index (κ3) is 4.05. The molecule has 1 fully saturated rings. The van der Waals surface area contributed by atoms with E-state index >= 15 is 0 Å². The van der Waals surface area contributed by atoms with Crippen LogP contribution < -0.4 is 5.32 Å². The first-order valence-corrected chi connectivity index (χ1v) is 9.64. The Morgan fingerprint density at radius 3 is 2.61 bits per heavy atom.